The molecule has 0 aromatic heterocycles. The molecule has 0 aromatic carbocycles. The smallest absolute Gasteiger partial charge is 0.156 e. The van der Waals surface area contributed by atoms with E-state index in [1.54, 1.807) is 11.1 Å². The number of carbonyl (C=O) groups excluding carboxylic acids is 1. The van der Waals surface area contributed by atoms with Gasteiger partial charge in [0.05, 0.1) is 0 Å². The van der Waals surface area contributed by atoms with Gasteiger partial charge in [-0.3, -0.25) is 4.79 Å². The van der Waals surface area contributed by atoms with Crippen molar-refractivity contribution < 1.29 is 4.79 Å². The molecule has 0 radical (unpaired) electrons. The van der Waals surface area contributed by atoms with E-state index >= 15 is 0 Å². The van der Waals surface area contributed by atoms with Gasteiger partial charge in [-0.1, -0.05) is 18.1 Å². The van der Waals surface area contributed by atoms with Crippen LogP contribution in [0.4, 0.5) is 0 Å². The van der Waals surface area contributed by atoms with Crippen LogP contribution in [0.15, 0.2) is 35.5 Å². The summed E-state index contributed by atoms with van der Waals surface area (Å²) in [5, 5.41) is 0. The molecule has 0 N–H and O–H groups in total. The third-order valence-corrected chi connectivity index (χ3v) is 6.81. The van der Waals surface area contributed by atoms with Crippen LogP contribution in [0.5, 0.6) is 0 Å². The van der Waals surface area contributed by atoms with Crippen molar-refractivity contribution >= 4 is 5.78 Å². The van der Waals surface area contributed by atoms with Crippen LogP contribution >= 0.6 is 0 Å². The number of carbonyl (C=O) groups is 1. The average Bonchev–Trinajstić information content (AvgIpc) is 2.90. The van der Waals surface area contributed by atoms with Crippen molar-refractivity contribution in [1.29, 1.82) is 0 Å². The van der Waals surface area contributed by atoms with Gasteiger partial charge in [0, 0.05) is 6.42 Å². The van der Waals surface area contributed by atoms with E-state index in [1.807, 2.05) is 6.08 Å². The van der Waals surface area contributed by atoms with Crippen LogP contribution < -0.4 is 0 Å². The quantitative estimate of drug-likeness (QED) is 0.641. The lowest BCUT2D eigenvalue weighted by molar-refractivity contribution is -0.114. The van der Waals surface area contributed by atoms with E-state index in [0.717, 1.165) is 31.1 Å². The van der Waals surface area contributed by atoms with Gasteiger partial charge in [-0.05, 0) is 85.8 Å². The number of rotatable bonds is 2. The van der Waals surface area contributed by atoms with Crippen molar-refractivity contribution in [1.82, 2.24) is 0 Å². The molecule has 3 atom stereocenters. The van der Waals surface area contributed by atoms with Gasteiger partial charge in [0.25, 0.3) is 0 Å². The summed E-state index contributed by atoms with van der Waals surface area (Å²) in [6.07, 6.45) is 16.5. The van der Waals surface area contributed by atoms with Crippen LogP contribution in [0.1, 0.15) is 64.2 Å². The highest BCUT2D eigenvalue weighted by molar-refractivity contribution is 5.93. The second-order valence-corrected chi connectivity index (χ2v) is 7.64. The minimum Gasteiger partial charge on any atom is -0.295 e. The summed E-state index contributed by atoms with van der Waals surface area (Å²) in [5.41, 5.74) is 5.32. The van der Waals surface area contributed by atoms with Crippen molar-refractivity contribution in [3.63, 3.8) is 0 Å². The Morgan fingerprint density at radius 3 is 2.95 bits per heavy atom. The summed E-state index contributed by atoms with van der Waals surface area (Å²) in [7, 11) is 0. The zero-order chi connectivity index (χ0) is 14.4. The lowest BCUT2D eigenvalue weighted by Gasteiger charge is -2.48. The van der Waals surface area contributed by atoms with Crippen molar-refractivity contribution in [3.05, 3.63) is 35.5 Å². The van der Waals surface area contributed by atoms with Crippen molar-refractivity contribution in [2.75, 3.05) is 0 Å². The van der Waals surface area contributed by atoms with Crippen LogP contribution in [-0.4, -0.2) is 5.78 Å². The maximum atomic E-state index is 11.7. The minimum absolute atomic E-state index is 0.352. The largest absolute Gasteiger partial charge is 0.295 e. The van der Waals surface area contributed by atoms with Crippen LogP contribution in [0, 0.1) is 17.3 Å². The van der Waals surface area contributed by atoms with Gasteiger partial charge in [-0.25, -0.2) is 0 Å². The molecular formula is C20H26O. The highest BCUT2D eigenvalue weighted by Gasteiger charge is 2.50. The Labute approximate surface area is 128 Å². The SMILES string of the molecule is C=CC[C@@]12CCC[C@H]1[C@@H]1CCC3=CC(=O)CCC3=C1CC2. The van der Waals surface area contributed by atoms with Crippen LogP contribution in [0.25, 0.3) is 0 Å². The number of allylic oxidation sites excluding steroid dienone is 5. The zero-order valence-corrected chi connectivity index (χ0v) is 13.0. The molecule has 0 unspecified atom stereocenters. The molecule has 0 amide bonds. The number of fused-ring (bicyclic) bond motifs is 4. The Hall–Kier alpha value is -1.11. The Balaban J connectivity index is 1.72. The summed E-state index contributed by atoms with van der Waals surface area (Å²) >= 11 is 0. The van der Waals surface area contributed by atoms with E-state index in [-0.39, 0.29) is 0 Å². The molecule has 1 nitrogen and oxygen atoms in total. The summed E-state index contributed by atoms with van der Waals surface area (Å²) < 4.78 is 0. The Morgan fingerprint density at radius 1 is 1.19 bits per heavy atom. The van der Waals surface area contributed by atoms with E-state index in [4.69, 9.17) is 0 Å². The highest BCUT2D eigenvalue weighted by Crippen LogP contribution is 2.61. The number of hydrogen-bond acceptors (Lipinski definition) is 1. The Kier molecular flexibility index (Phi) is 3.20. The van der Waals surface area contributed by atoms with Gasteiger partial charge >= 0.3 is 0 Å². The highest BCUT2D eigenvalue weighted by atomic mass is 16.1. The minimum atomic E-state index is 0.352. The van der Waals surface area contributed by atoms with Crippen LogP contribution in [0.2, 0.25) is 0 Å². The van der Waals surface area contributed by atoms with Crippen LogP contribution in [0.3, 0.4) is 0 Å². The first-order chi connectivity index (χ1) is 10.2. The van der Waals surface area contributed by atoms with E-state index in [9.17, 15) is 4.79 Å². The fourth-order valence-electron chi connectivity index (χ4n) is 5.97. The molecule has 4 aliphatic rings. The summed E-state index contributed by atoms with van der Waals surface area (Å²) in [4.78, 5) is 11.7. The maximum Gasteiger partial charge on any atom is 0.156 e. The third-order valence-electron chi connectivity index (χ3n) is 6.81. The average molecular weight is 282 g/mol. The molecule has 0 bridgehead atoms. The van der Waals surface area contributed by atoms with Gasteiger partial charge in [-0.15, -0.1) is 6.58 Å². The molecule has 4 aliphatic carbocycles. The molecule has 0 spiro atoms. The summed E-state index contributed by atoms with van der Waals surface area (Å²) in [6.45, 7) is 4.03. The third kappa shape index (κ3) is 2.00. The summed E-state index contributed by atoms with van der Waals surface area (Å²) in [5.74, 6) is 2.07. The second-order valence-electron chi connectivity index (χ2n) is 7.64. The standard InChI is InChI=1S/C20H26O/c1-2-10-20-11-3-4-19(20)18-7-5-14-13-15(21)6-8-16(14)17(18)9-12-20/h2,13,18-19H,1,3-12H2/t18-,19+,20+/m1/s1. The zero-order valence-electron chi connectivity index (χ0n) is 13.0. The van der Waals surface area contributed by atoms with Gasteiger partial charge in [-0.2, -0.15) is 0 Å². The molecule has 21 heavy (non-hydrogen) atoms. The molecule has 0 aromatic rings. The molecule has 4 rings (SSSR count). The van der Waals surface area contributed by atoms with Crippen LogP contribution in [-0.2, 0) is 4.79 Å². The molecular weight excluding hydrogens is 256 g/mol. The molecule has 112 valence electrons. The fraction of sp³-hybridized carbons (Fsp3) is 0.650. The second kappa shape index (κ2) is 4.97. The topological polar surface area (TPSA) is 17.1 Å². The van der Waals surface area contributed by atoms with Crippen molar-refractivity contribution in [2.45, 2.75) is 64.2 Å². The monoisotopic (exact) mass is 282 g/mol. The Morgan fingerprint density at radius 2 is 2.10 bits per heavy atom. The maximum absolute atomic E-state index is 11.7. The fourth-order valence-corrected chi connectivity index (χ4v) is 5.97. The normalized spacial score (nSPS) is 38.5. The molecule has 0 heterocycles. The molecule has 0 saturated heterocycles. The van der Waals surface area contributed by atoms with Crippen molar-refractivity contribution in [2.24, 2.45) is 17.3 Å². The first-order valence-electron chi connectivity index (χ1n) is 8.80. The summed E-state index contributed by atoms with van der Waals surface area (Å²) in [6, 6.07) is 0. The van der Waals surface area contributed by atoms with E-state index in [1.165, 1.54) is 50.5 Å². The Bertz CT molecular complexity index is 550. The molecule has 2 saturated carbocycles. The number of hydrogen-bond donors (Lipinski definition) is 0. The lowest BCUT2D eigenvalue weighted by atomic mass is 9.56. The van der Waals surface area contributed by atoms with Gasteiger partial charge in [0.2, 0.25) is 0 Å². The molecule has 1 heteroatoms. The van der Waals surface area contributed by atoms with E-state index < -0.39 is 0 Å². The van der Waals surface area contributed by atoms with Gasteiger partial charge in [0.15, 0.2) is 5.78 Å². The predicted molar refractivity (Wildman–Crippen MR) is 85.9 cm³/mol. The lowest BCUT2D eigenvalue weighted by Crippen LogP contribution is -2.38. The van der Waals surface area contributed by atoms with E-state index in [2.05, 4.69) is 12.7 Å². The first-order valence-corrected chi connectivity index (χ1v) is 8.80. The number of ketones is 1. The molecule has 0 aliphatic heterocycles. The van der Waals surface area contributed by atoms with Gasteiger partial charge < -0.3 is 0 Å². The van der Waals surface area contributed by atoms with Crippen molar-refractivity contribution in [3.8, 4) is 0 Å². The molecule has 2 fully saturated rings. The predicted octanol–water partition coefficient (Wildman–Crippen LogP) is 5.14. The van der Waals surface area contributed by atoms with Gasteiger partial charge in [0.1, 0.15) is 0 Å². The first kappa shape index (κ1) is 13.5. The van der Waals surface area contributed by atoms with E-state index in [0.29, 0.717) is 11.2 Å².